The van der Waals surface area contributed by atoms with Crippen LogP contribution in [0.3, 0.4) is 0 Å². The highest BCUT2D eigenvalue weighted by atomic mass is 79.9. The van der Waals surface area contributed by atoms with E-state index in [1.165, 1.54) is 40.8 Å². The van der Waals surface area contributed by atoms with Crippen molar-refractivity contribution in [2.45, 2.75) is 0 Å². The number of nitrogens with one attached hydrogen (secondary N) is 1. The molecule has 0 radical (unpaired) electrons. The Morgan fingerprint density at radius 3 is 2.73 bits per heavy atom. The Balaban J connectivity index is 1.80. The molecule has 26 heavy (non-hydrogen) atoms. The molecule has 4 rings (SSSR count). The second kappa shape index (κ2) is 6.93. The van der Waals surface area contributed by atoms with Crippen molar-refractivity contribution >= 4 is 38.1 Å². The van der Waals surface area contributed by atoms with E-state index < -0.39 is 11.6 Å². The molecule has 2 heterocycles. The average molecular weight is 434 g/mol. The number of hydrogen-bond donors (Lipinski definition) is 1. The zero-order chi connectivity index (χ0) is 18.1. The highest BCUT2D eigenvalue weighted by Gasteiger charge is 2.19. The van der Waals surface area contributed by atoms with Crippen molar-refractivity contribution < 1.29 is 8.78 Å². The molecule has 0 unspecified atom stereocenters. The van der Waals surface area contributed by atoms with Gasteiger partial charge in [0.05, 0.1) is 0 Å². The van der Waals surface area contributed by atoms with Crippen LogP contribution in [0.25, 0.3) is 16.3 Å². The summed E-state index contributed by atoms with van der Waals surface area (Å²) in [5.41, 5.74) is 1.37. The van der Waals surface area contributed by atoms with Crippen LogP contribution in [-0.2, 0) is 0 Å². The fourth-order valence-electron chi connectivity index (χ4n) is 2.38. The molecule has 2 aromatic carbocycles. The lowest BCUT2D eigenvalue weighted by Crippen LogP contribution is -1.96. The van der Waals surface area contributed by atoms with Crippen molar-refractivity contribution in [3.8, 4) is 16.3 Å². The van der Waals surface area contributed by atoms with E-state index in [-0.39, 0.29) is 5.56 Å². The molecule has 5 nitrogen and oxygen atoms in total. The van der Waals surface area contributed by atoms with Crippen molar-refractivity contribution in [1.29, 1.82) is 0 Å². The van der Waals surface area contributed by atoms with Gasteiger partial charge in [0, 0.05) is 21.8 Å². The van der Waals surface area contributed by atoms with E-state index in [1.54, 1.807) is 0 Å². The molecule has 0 aliphatic rings. The van der Waals surface area contributed by atoms with Crippen molar-refractivity contribution in [1.82, 2.24) is 19.7 Å². The van der Waals surface area contributed by atoms with Gasteiger partial charge in [-0.25, -0.2) is 23.4 Å². The first-order valence-electron chi connectivity index (χ1n) is 7.44. The predicted molar refractivity (Wildman–Crippen MR) is 99.8 cm³/mol. The Morgan fingerprint density at radius 2 is 2.00 bits per heavy atom. The van der Waals surface area contributed by atoms with Crippen LogP contribution in [0.1, 0.15) is 0 Å². The van der Waals surface area contributed by atoms with Crippen LogP contribution in [0, 0.1) is 11.6 Å². The van der Waals surface area contributed by atoms with E-state index in [4.69, 9.17) is 0 Å². The summed E-state index contributed by atoms with van der Waals surface area (Å²) in [7, 11) is 0. The van der Waals surface area contributed by atoms with Gasteiger partial charge in [-0.1, -0.05) is 33.3 Å². The van der Waals surface area contributed by atoms with Gasteiger partial charge < -0.3 is 5.32 Å². The highest BCUT2D eigenvalue weighted by molar-refractivity contribution is 9.10. The second-order valence-electron chi connectivity index (χ2n) is 5.27. The van der Waals surface area contributed by atoms with Gasteiger partial charge >= 0.3 is 0 Å². The Morgan fingerprint density at radius 1 is 1.12 bits per heavy atom. The first-order chi connectivity index (χ1) is 12.6. The Kier molecular flexibility index (Phi) is 4.48. The lowest BCUT2D eigenvalue weighted by Gasteiger charge is -2.03. The molecule has 9 heteroatoms. The van der Waals surface area contributed by atoms with E-state index in [0.717, 1.165) is 16.2 Å². The van der Waals surface area contributed by atoms with Gasteiger partial charge in [-0.05, 0) is 30.3 Å². The molecular formula is C17H10BrF2N5S. The van der Waals surface area contributed by atoms with Gasteiger partial charge in [-0.2, -0.15) is 5.10 Å². The first-order valence-corrected chi connectivity index (χ1v) is 9.05. The third-order valence-corrected chi connectivity index (χ3v) is 4.95. The van der Waals surface area contributed by atoms with E-state index >= 15 is 0 Å². The predicted octanol–water partition coefficient (Wildman–Crippen LogP) is 5.18. The van der Waals surface area contributed by atoms with E-state index in [9.17, 15) is 8.78 Å². The summed E-state index contributed by atoms with van der Waals surface area (Å²) in [5.74, 6) is -1.33. The Labute approximate surface area is 159 Å². The summed E-state index contributed by atoms with van der Waals surface area (Å²) in [6.07, 6.45) is 2.88. The summed E-state index contributed by atoms with van der Waals surface area (Å²) in [5, 5.41) is 8.41. The van der Waals surface area contributed by atoms with Crippen LogP contribution in [0.4, 0.5) is 19.6 Å². The number of thiazole rings is 1. The van der Waals surface area contributed by atoms with E-state index in [0.29, 0.717) is 15.8 Å². The fraction of sp³-hybridized carbons (Fsp3) is 0. The second-order valence-corrected chi connectivity index (χ2v) is 7.17. The van der Waals surface area contributed by atoms with Crippen LogP contribution in [0.2, 0.25) is 0 Å². The van der Waals surface area contributed by atoms with E-state index in [1.807, 2.05) is 24.3 Å². The Hall–Kier alpha value is -2.65. The summed E-state index contributed by atoms with van der Waals surface area (Å²) >= 11 is 4.70. The number of nitrogens with zero attached hydrogens (tertiary/aromatic N) is 4. The molecular weight excluding hydrogens is 424 g/mol. The zero-order valence-electron chi connectivity index (χ0n) is 13.0. The van der Waals surface area contributed by atoms with Crippen molar-refractivity contribution in [2.24, 2.45) is 0 Å². The molecule has 1 N–H and O–H groups in total. The SMILES string of the molecule is Fc1ccc(-c2nc(Nc3cccc(Br)c3)sc2-n2cncn2)c(F)c1. The first kappa shape index (κ1) is 16.8. The minimum Gasteiger partial charge on any atom is -0.331 e. The third kappa shape index (κ3) is 3.35. The molecule has 0 spiro atoms. The van der Waals surface area contributed by atoms with Crippen LogP contribution in [-0.4, -0.2) is 19.7 Å². The van der Waals surface area contributed by atoms with Crippen LogP contribution >= 0.6 is 27.3 Å². The molecule has 130 valence electrons. The molecule has 2 aromatic heterocycles. The average Bonchev–Trinajstić information content (AvgIpc) is 3.24. The van der Waals surface area contributed by atoms with Crippen molar-refractivity contribution in [3.05, 3.63) is 71.2 Å². The largest absolute Gasteiger partial charge is 0.331 e. The monoisotopic (exact) mass is 433 g/mol. The minimum atomic E-state index is -0.689. The summed E-state index contributed by atoms with van der Waals surface area (Å²) in [6, 6.07) is 11.0. The smallest absolute Gasteiger partial charge is 0.189 e. The molecule has 0 saturated heterocycles. The number of halogens is 3. The summed E-state index contributed by atoms with van der Waals surface area (Å²) in [6.45, 7) is 0. The maximum atomic E-state index is 14.3. The number of anilines is 2. The topological polar surface area (TPSA) is 55.6 Å². The van der Waals surface area contributed by atoms with Gasteiger partial charge in [0.1, 0.15) is 35.0 Å². The molecule has 0 saturated carbocycles. The fourth-order valence-corrected chi connectivity index (χ4v) is 3.71. The van der Waals surface area contributed by atoms with Gasteiger partial charge in [0.15, 0.2) is 5.13 Å². The normalized spacial score (nSPS) is 10.9. The molecule has 0 amide bonds. The maximum absolute atomic E-state index is 14.3. The van der Waals surface area contributed by atoms with Crippen LogP contribution in [0.15, 0.2) is 59.6 Å². The third-order valence-electron chi connectivity index (χ3n) is 3.50. The quantitative estimate of drug-likeness (QED) is 0.481. The number of benzene rings is 2. The number of hydrogen-bond acceptors (Lipinski definition) is 5. The van der Waals surface area contributed by atoms with Gasteiger partial charge in [-0.3, -0.25) is 0 Å². The molecule has 0 aliphatic heterocycles. The van der Waals surface area contributed by atoms with Crippen molar-refractivity contribution in [2.75, 3.05) is 5.32 Å². The Bertz CT molecular complexity index is 1060. The highest BCUT2D eigenvalue weighted by Crippen LogP contribution is 2.36. The lowest BCUT2D eigenvalue weighted by atomic mass is 10.1. The molecule has 0 aliphatic carbocycles. The number of rotatable bonds is 4. The lowest BCUT2D eigenvalue weighted by molar-refractivity contribution is 0.585. The van der Waals surface area contributed by atoms with E-state index in [2.05, 4.69) is 36.3 Å². The molecule has 0 fully saturated rings. The minimum absolute atomic E-state index is 0.190. The maximum Gasteiger partial charge on any atom is 0.189 e. The summed E-state index contributed by atoms with van der Waals surface area (Å²) in [4.78, 5) is 8.42. The van der Waals surface area contributed by atoms with Crippen LogP contribution < -0.4 is 5.32 Å². The summed E-state index contributed by atoms with van der Waals surface area (Å²) < 4.78 is 30.0. The zero-order valence-corrected chi connectivity index (χ0v) is 15.4. The van der Waals surface area contributed by atoms with Crippen LogP contribution in [0.5, 0.6) is 0 Å². The van der Waals surface area contributed by atoms with Gasteiger partial charge in [0.2, 0.25) is 0 Å². The van der Waals surface area contributed by atoms with Gasteiger partial charge in [0.25, 0.3) is 0 Å². The molecule has 0 bridgehead atoms. The van der Waals surface area contributed by atoms with Gasteiger partial charge in [-0.15, -0.1) is 0 Å². The molecule has 0 atom stereocenters. The van der Waals surface area contributed by atoms with Crippen molar-refractivity contribution in [3.63, 3.8) is 0 Å². The standard InChI is InChI=1S/C17H10BrF2N5S/c18-10-2-1-3-12(6-10)23-17-24-15(13-5-4-11(19)7-14(13)20)16(26-17)25-9-21-8-22-25/h1-9H,(H,23,24). The number of aromatic nitrogens is 4. The molecule has 4 aromatic rings.